The van der Waals surface area contributed by atoms with E-state index < -0.39 is 0 Å². The minimum Gasteiger partial charge on any atom is -0.748 e. The van der Waals surface area contributed by atoms with E-state index in [0.717, 1.165) is 0 Å². The molecule has 0 saturated carbocycles. The second-order valence-electron chi connectivity index (χ2n) is 1.92. The van der Waals surface area contributed by atoms with Crippen LogP contribution in [0.1, 0.15) is 0 Å². The summed E-state index contributed by atoms with van der Waals surface area (Å²) >= 11 is 0. The monoisotopic (exact) mass is 312 g/mol. The molecule has 0 bridgehead atoms. The largest absolute Gasteiger partial charge is 0.748 e. The van der Waals surface area contributed by atoms with Crippen LogP contribution in [0.2, 0.25) is 0 Å². The standard InChI is InChI=1S/2C5H5.2Cu.Fe/c2*1-2-4-5-3-1;;;/h2*1-5H;;;/q-5;-1;;;. The van der Waals surface area contributed by atoms with Crippen LogP contribution in [0.3, 0.4) is 0 Å². The van der Waals surface area contributed by atoms with E-state index in [2.05, 4.69) is 0 Å². The molecule has 0 unspecified atom stereocenters. The van der Waals surface area contributed by atoms with Crippen molar-refractivity contribution >= 4 is 0 Å². The van der Waals surface area contributed by atoms with Crippen LogP contribution < -0.4 is 0 Å². The Labute approximate surface area is 111 Å². The second kappa shape index (κ2) is 14.8. The maximum Gasteiger partial charge on any atom is 0 e. The van der Waals surface area contributed by atoms with Gasteiger partial charge < -0.3 is 30.3 Å². The van der Waals surface area contributed by atoms with E-state index in [0.29, 0.717) is 0 Å². The van der Waals surface area contributed by atoms with Gasteiger partial charge in [0.05, 0.1) is 0 Å². The van der Waals surface area contributed by atoms with E-state index in [9.17, 15) is 0 Å². The van der Waals surface area contributed by atoms with Crippen LogP contribution in [-0.4, -0.2) is 0 Å². The minimum absolute atomic E-state index is 0. The summed E-state index contributed by atoms with van der Waals surface area (Å²) in [6, 6.07) is 20.0. The van der Waals surface area contributed by atoms with Gasteiger partial charge in [-0.2, -0.15) is 18.2 Å². The molecule has 86 valence electrons. The van der Waals surface area contributed by atoms with Gasteiger partial charge in [-0.15, -0.1) is 0 Å². The third-order valence-electron chi connectivity index (χ3n) is 1.11. The Morgan fingerprint density at radius 3 is 1.08 bits per heavy atom. The average Bonchev–Trinajstić information content (AvgIpc) is 2.67. The van der Waals surface area contributed by atoms with Crippen molar-refractivity contribution in [3.05, 3.63) is 60.7 Å². The smallest absolute Gasteiger partial charge is 0 e. The second-order valence-corrected chi connectivity index (χ2v) is 1.92. The van der Waals surface area contributed by atoms with Crippen molar-refractivity contribution in [3.8, 4) is 0 Å². The third kappa shape index (κ3) is 12.3. The Hall–Kier alpha value is 0.258. The molecule has 0 fully saturated rings. The van der Waals surface area contributed by atoms with Gasteiger partial charge in [0.25, 0.3) is 0 Å². The van der Waals surface area contributed by atoms with Crippen LogP contribution in [0.25, 0.3) is 0 Å². The fourth-order valence-corrected chi connectivity index (χ4v) is 0.642. The minimum atomic E-state index is 0. The first-order chi connectivity index (χ1) is 5.00. The molecule has 0 aromatic heterocycles. The Kier molecular flexibility index (Phi) is 21.5. The summed E-state index contributed by atoms with van der Waals surface area (Å²) in [4.78, 5) is 0. The van der Waals surface area contributed by atoms with E-state index in [1.165, 1.54) is 0 Å². The first-order valence-corrected chi connectivity index (χ1v) is 3.33. The molecule has 0 N–H and O–H groups in total. The predicted molar refractivity (Wildman–Crippen MR) is 44.1 cm³/mol. The van der Waals surface area contributed by atoms with Gasteiger partial charge in [0.1, 0.15) is 0 Å². The molecule has 3 heteroatoms. The predicted octanol–water partition coefficient (Wildman–Crippen LogP) is 2.80. The maximum atomic E-state index is 2.00. The van der Waals surface area contributed by atoms with Gasteiger partial charge in [0.2, 0.25) is 0 Å². The average molecular weight is 313 g/mol. The molecule has 13 heavy (non-hydrogen) atoms. The molecule has 2 rings (SSSR count). The summed E-state index contributed by atoms with van der Waals surface area (Å²) in [6.45, 7) is 0. The van der Waals surface area contributed by atoms with Gasteiger partial charge in [-0.1, -0.05) is 0 Å². The van der Waals surface area contributed by atoms with Crippen molar-refractivity contribution in [1.29, 1.82) is 0 Å². The van der Waals surface area contributed by atoms with Crippen molar-refractivity contribution in [1.82, 2.24) is 0 Å². The summed E-state index contributed by atoms with van der Waals surface area (Å²) in [6.07, 6.45) is 0. The molecular weight excluding hydrogens is 303 g/mol. The van der Waals surface area contributed by atoms with Gasteiger partial charge in [-0.3, -0.25) is 0 Å². The fraction of sp³-hybridized carbons (Fsp3) is 0. The van der Waals surface area contributed by atoms with E-state index >= 15 is 0 Å². The zero-order valence-corrected chi connectivity index (χ0v) is 9.72. The van der Waals surface area contributed by atoms with E-state index in [1.807, 2.05) is 60.7 Å². The van der Waals surface area contributed by atoms with Gasteiger partial charge >= 0.3 is 0 Å². The summed E-state index contributed by atoms with van der Waals surface area (Å²) in [7, 11) is 0. The molecule has 2 aromatic carbocycles. The summed E-state index contributed by atoms with van der Waals surface area (Å²) in [5, 5.41) is 0. The molecule has 0 nitrogen and oxygen atoms in total. The first-order valence-electron chi connectivity index (χ1n) is 3.33. The third-order valence-corrected chi connectivity index (χ3v) is 1.11. The quantitative estimate of drug-likeness (QED) is 0.518. The SMILES string of the molecule is [Cu].[Cu].[Fe].[cH-]1[cH-][cH-][cH-][cH-]1.c1cc[cH-]c1. The number of hydrogen-bond donors (Lipinski definition) is 0. The zero-order chi connectivity index (χ0) is 7.07. The molecule has 0 heterocycles. The van der Waals surface area contributed by atoms with Crippen LogP contribution in [0.5, 0.6) is 0 Å². The molecule has 0 aliphatic carbocycles. The maximum absolute atomic E-state index is 2.00. The van der Waals surface area contributed by atoms with Gasteiger partial charge in [0, 0.05) is 51.2 Å². The summed E-state index contributed by atoms with van der Waals surface area (Å²) < 4.78 is 0. The van der Waals surface area contributed by atoms with Crippen LogP contribution >= 0.6 is 0 Å². The molecule has 2 radical (unpaired) electrons. The van der Waals surface area contributed by atoms with Gasteiger partial charge in [-0.05, 0) is 0 Å². The molecule has 0 aliphatic rings. The Bertz CT molecular complexity index is 152. The Balaban J connectivity index is -0.000000125. The molecular formula is C10H10Cu2Fe-6. The number of hydrogen-bond acceptors (Lipinski definition) is 0. The van der Waals surface area contributed by atoms with Crippen molar-refractivity contribution in [2.45, 2.75) is 0 Å². The molecule has 0 amide bonds. The van der Waals surface area contributed by atoms with Crippen LogP contribution in [0.4, 0.5) is 0 Å². The van der Waals surface area contributed by atoms with Gasteiger partial charge in [0.15, 0.2) is 0 Å². The normalized spacial score (nSPS) is 6.15. The summed E-state index contributed by atoms with van der Waals surface area (Å²) in [5.41, 5.74) is 0. The van der Waals surface area contributed by atoms with Crippen molar-refractivity contribution in [2.75, 3.05) is 0 Å². The van der Waals surface area contributed by atoms with Crippen LogP contribution in [0, 0.1) is 0 Å². The van der Waals surface area contributed by atoms with Crippen LogP contribution in [0.15, 0.2) is 60.7 Å². The molecule has 0 saturated heterocycles. The van der Waals surface area contributed by atoms with Crippen molar-refractivity contribution in [2.24, 2.45) is 0 Å². The molecule has 0 atom stereocenters. The molecule has 0 spiro atoms. The first kappa shape index (κ1) is 18.9. The van der Waals surface area contributed by atoms with E-state index in [1.54, 1.807) is 0 Å². The number of rotatable bonds is 0. The molecule has 2 aromatic rings. The van der Waals surface area contributed by atoms with Crippen molar-refractivity contribution in [3.63, 3.8) is 0 Å². The zero-order valence-electron chi connectivity index (χ0n) is 6.73. The van der Waals surface area contributed by atoms with Crippen LogP contribution in [-0.2, 0) is 51.2 Å². The van der Waals surface area contributed by atoms with E-state index in [-0.39, 0.29) is 51.2 Å². The fourth-order valence-electron chi connectivity index (χ4n) is 0.642. The Morgan fingerprint density at radius 2 is 0.923 bits per heavy atom. The Morgan fingerprint density at radius 1 is 0.615 bits per heavy atom. The summed E-state index contributed by atoms with van der Waals surface area (Å²) in [5.74, 6) is 0. The molecule has 0 aliphatic heterocycles. The van der Waals surface area contributed by atoms with E-state index in [4.69, 9.17) is 0 Å². The van der Waals surface area contributed by atoms with Crippen molar-refractivity contribution < 1.29 is 51.2 Å². The topological polar surface area (TPSA) is 0 Å². The van der Waals surface area contributed by atoms with Gasteiger partial charge in [-0.25, -0.2) is 12.1 Å².